The lowest BCUT2D eigenvalue weighted by molar-refractivity contribution is 0.0540. The Morgan fingerprint density at radius 3 is 2.82 bits per heavy atom. The molecule has 2 atom stereocenters. The van der Waals surface area contributed by atoms with Crippen LogP contribution in [0, 0.1) is 5.92 Å². The lowest BCUT2D eigenvalue weighted by Crippen LogP contribution is -2.30. The number of hydrogen-bond donors (Lipinski definition) is 1. The van der Waals surface area contributed by atoms with Gasteiger partial charge in [-0.3, -0.25) is 0 Å². The van der Waals surface area contributed by atoms with Gasteiger partial charge in [0.2, 0.25) is 0 Å². The van der Waals surface area contributed by atoms with E-state index < -0.39 is 0 Å². The molecule has 1 fully saturated rings. The largest absolute Gasteiger partial charge is 0.381 e. The Labute approximate surface area is 112 Å². The van der Waals surface area contributed by atoms with E-state index in [9.17, 15) is 0 Å². The van der Waals surface area contributed by atoms with Gasteiger partial charge in [-0.2, -0.15) is 0 Å². The van der Waals surface area contributed by atoms with Gasteiger partial charge in [-0.15, -0.1) is 0 Å². The van der Waals surface area contributed by atoms with Gasteiger partial charge in [0.05, 0.1) is 6.61 Å². The summed E-state index contributed by atoms with van der Waals surface area (Å²) in [5, 5.41) is 3.59. The monoisotopic (exact) mass is 297 g/mol. The summed E-state index contributed by atoms with van der Waals surface area (Å²) >= 11 is 3.46. The third-order valence-corrected chi connectivity index (χ3v) is 3.87. The van der Waals surface area contributed by atoms with E-state index in [1.165, 1.54) is 18.4 Å². The van der Waals surface area contributed by atoms with E-state index in [0.29, 0.717) is 12.0 Å². The molecule has 0 amide bonds. The van der Waals surface area contributed by atoms with Crippen molar-refractivity contribution >= 4 is 15.9 Å². The number of nitrogens with one attached hydrogen (secondary N) is 1. The molecule has 1 aromatic carbocycles. The van der Waals surface area contributed by atoms with Crippen LogP contribution in [0.4, 0.5) is 0 Å². The summed E-state index contributed by atoms with van der Waals surface area (Å²) in [4.78, 5) is 0. The fourth-order valence-electron chi connectivity index (χ4n) is 2.18. The van der Waals surface area contributed by atoms with Crippen molar-refractivity contribution in [3.05, 3.63) is 34.3 Å². The Hall–Kier alpha value is -0.380. The van der Waals surface area contributed by atoms with Crippen LogP contribution in [0.5, 0.6) is 0 Å². The number of benzene rings is 1. The van der Waals surface area contributed by atoms with E-state index in [0.717, 1.165) is 24.2 Å². The topological polar surface area (TPSA) is 21.3 Å². The average Bonchev–Trinajstić information content (AvgIpc) is 2.38. The molecule has 1 N–H and O–H groups in total. The van der Waals surface area contributed by atoms with Crippen LogP contribution < -0.4 is 5.32 Å². The second kappa shape index (κ2) is 6.53. The maximum absolute atomic E-state index is 5.49. The number of ether oxygens (including phenoxy) is 1. The van der Waals surface area contributed by atoms with Crippen LogP contribution in [0.25, 0.3) is 0 Å². The third-order valence-electron chi connectivity index (χ3n) is 3.34. The van der Waals surface area contributed by atoms with E-state index in [4.69, 9.17) is 4.74 Å². The molecular weight excluding hydrogens is 278 g/mol. The summed E-state index contributed by atoms with van der Waals surface area (Å²) in [6.45, 7) is 5.13. The Kier molecular flexibility index (Phi) is 5.01. The lowest BCUT2D eigenvalue weighted by atomic mass is 10.0. The van der Waals surface area contributed by atoms with Crippen molar-refractivity contribution in [1.29, 1.82) is 0 Å². The molecule has 94 valence electrons. The molecule has 1 aromatic rings. The zero-order valence-corrected chi connectivity index (χ0v) is 11.9. The molecule has 0 saturated carbocycles. The summed E-state index contributed by atoms with van der Waals surface area (Å²) in [7, 11) is 0. The molecule has 0 aromatic heterocycles. The molecule has 3 heteroatoms. The first-order chi connectivity index (χ1) is 8.25. The van der Waals surface area contributed by atoms with Crippen molar-refractivity contribution < 1.29 is 4.74 Å². The molecule has 1 saturated heterocycles. The van der Waals surface area contributed by atoms with Crippen molar-refractivity contribution in [1.82, 2.24) is 5.32 Å². The second-order valence-electron chi connectivity index (χ2n) is 4.76. The molecule has 0 bridgehead atoms. The lowest BCUT2D eigenvalue weighted by Gasteiger charge is -2.24. The van der Waals surface area contributed by atoms with Crippen molar-refractivity contribution in [2.75, 3.05) is 19.8 Å². The summed E-state index contributed by atoms with van der Waals surface area (Å²) in [6, 6.07) is 8.93. The van der Waals surface area contributed by atoms with Crippen molar-refractivity contribution in [2.24, 2.45) is 5.92 Å². The highest BCUT2D eigenvalue weighted by molar-refractivity contribution is 9.10. The molecule has 0 aliphatic carbocycles. The van der Waals surface area contributed by atoms with Crippen molar-refractivity contribution in [3.63, 3.8) is 0 Å². The van der Waals surface area contributed by atoms with E-state index in [2.05, 4.69) is 52.4 Å². The highest BCUT2D eigenvalue weighted by Gasteiger charge is 2.14. The Morgan fingerprint density at radius 2 is 2.18 bits per heavy atom. The first-order valence-electron chi connectivity index (χ1n) is 6.32. The first kappa shape index (κ1) is 13.1. The molecule has 2 rings (SSSR count). The zero-order chi connectivity index (χ0) is 12.1. The van der Waals surface area contributed by atoms with Crippen LogP contribution in [0.1, 0.15) is 31.4 Å². The molecule has 17 heavy (non-hydrogen) atoms. The van der Waals surface area contributed by atoms with Gasteiger partial charge in [0.15, 0.2) is 0 Å². The molecule has 2 nitrogen and oxygen atoms in total. The van der Waals surface area contributed by atoms with Gasteiger partial charge in [0, 0.05) is 23.7 Å². The molecule has 0 spiro atoms. The molecule has 1 heterocycles. The van der Waals surface area contributed by atoms with Gasteiger partial charge in [-0.25, -0.2) is 0 Å². The fourth-order valence-corrected chi connectivity index (χ4v) is 2.45. The Balaban J connectivity index is 1.80. The quantitative estimate of drug-likeness (QED) is 0.918. The van der Waals surface area contributed by atoms with E-state index in [-0.39, 0.29) is 0 Å². The Morgan fingerprint density at radius 1 is 1.41 bits per heavy atom. The molecule has 1 aliphatic heterocycles. The minimum absolute atomic E-state index is 0.407. The van der Waals surface area contributed by atoms with Crippen LogP contribution >= 0.6 is 15.9 Å². The standard InChI is InChI=1S/C14H20BrNO/c1-11(13-4-6-14(15)7-5-13)16-9-12-3-2-8-17-10-12/h4-7,11-12,16H,2-3,8-10H2,1H3/t11-,12?/m1/s1. The third kappa shape index (κ3) is 4.09. The molecule has 0 radical (unpaired) electrons. The summed E-state index contributed by atoms with van der Waals surface area (Å²) in [6.07, 6.45) is 2.50. The Bertz CT molecular complexity index is 333. The predicted molar refractivity (Wildman–Crippen MR) is 74.1 cm³/mol. The van der Waals surface area contributed by atoms with E-state index in [1.54, 1.807) is 0 Å². The highest BCUT2D eigenvalue weighted by atomic mass is 79.9. The van der Waals surface area contributed by atoms with Crippen molar-refractivity contribution in [3.8, 4) is 0 Å². The maximum Gasteiger partial charge on any atom is 0.0506 e. The van der Waals surface area contributed by atoms with Gasteiger partial charge in [-0.1, -0.05) is 28.1 Å². The minimum atomic E-state index is 0.407. The summed E-state index contributed by atoms with van der Waals surface area (Å²) in [5.41, 5.74) is 1.34. The second-order valence-corrected chi connectivity index (χ2v) is 5.68. The molecule has 1 aliphatic rings. The van der Waals surface area contributed by atoms with E-state index in [1.807, 2.05) is 0 Å². The van der Waals surface area contributed by atoms with Gasteiger partial charge in [0.25, 0.3) is 0 Å². The number of halogens is 1. The van der Waals surface area contributed by atoms with Crippen LogP contribution in [-0.4, -0.2) is 19.8 Å². The fraction of sp³-hybridized carbons (Fsp3) is 0.571. The summed E-state index contributed by atoms with van der Waals surface area (Å²) < 4.78 is 6.62. The van der Waals surface area contributed by atoms with Gasteiger partial charge in [0.1, 0.15) is 0 Å². The highest BCUT2D eigenvalue weighted by Crippen LogP contribution is 2.18. The number of rotatable bonds is 4. The maximum atomic E-state index is 5.49. The summed E-state index contributed by atoms with van der Waals surface area (Å²) in [5.74, 6) is 0.682. The predicted octanol–water partition coefficient (Wildman–Crippen LogP) is 3.53. The minimum Gasteiger partial charge on any atom is -0.381 e. The van der Waals surface area contributed by atoms with Crippen molar-refractivity contribution in [2.45, 2.75) is 25.8 Å². The number of hydrogen-bond acceptors (Lipinski definition) is 2. The van der Waals surface area contributed by atoms with Crippen LogP contribution in [0.3, 0.4) is 0 Å². The van der Waals surface area contributed by atoms with Gasteiger partial charge >= 0.3 is 0 Å². The molecule has 1 unspecified atom stereocenters. The average molecular weight is 298 g/mol. The first-order valence-corrected chi connectivity index (χ1v) is 7.11. The van der Waals surface area contributed by atoms with Crippen LogP contribution in [0.2, 0.25) is 0 Å². The van der Waals surface area contributed by atoms with Crippen LogP contribution in [-0.2, 0) is 4.74 Å². The normalized spacial score (nSPS) is 22.4. The SMILES string of the molecule is C[C@@H](NCC1CCCOC1)c1ccc(Br)cc1. The zero-order valence-electron chi connectivity index (χ0n) is 10.3. The smallest absolute Gasteiger partial charge is 0.0506 e. The van der Waals surface area contributed by atoms with Crippen LogP contribution in [0.15, 0.2) is 28.7 Å². The van der Waals surface area contributed by atoms with Gasteiger partial charge in [-0.05, 0) is 43.4 Å². The van der Waals surface area contributed by atoms with Gasteiger partial charge < -0.3 is 10.1 Å². The molecular formula is C14H20BrNO. The van der Waals surface area contributed by atoms with E-state index >= 15 is 0 Å².